The minimum absolute atomic E-state index is 0.0631. The van der Waals surface area contributed by atoms with Gasteiger partial charge in [-0.05, 0) is 18.1 Å². The number of hydrogen-bond acceptors (Lipinski definition) is 3. The van der Waals surface area contributed by atoms with Crippen LogP contribution in [0.1, 0.15) is 13.8 Å². The molecule has 88 valence electrons. The Morgan fingerprint density at radius 3 is 2.82 bits per heavy atom. The Balaban J connectivity index is 2.15. The molecule has 0 saturated carbocycles. The second kappa shape index (κ2) is 3.48. The van der Waals surface area contributed by atoms with Crippen molar-refractivity contribution >= 4 is 23.0 Å². The molecule has 1 amide bonds. The Morgan fingerprint density at radius 1 is 1.29 bits per heavy atom. The van der Waals surface area contributed by atoms with Crippen molar-refractivity contribution in [2.75, 3.05) is 5.32 Å². The number of para-hydroxylation sites is 2. The Kier molecular flexibility index (Phi) is 2.07. The molecule has 17 heavy (non-hydrogen) atoms. The summed E-state index contributed by atoms with van der Waals surface area (Å²) in [5.41, 5.74) is 1.66. The molecule has 2 N–H and O–H groups in total. The summed E-state index contributed by atoms with van der Waals surface area (Å²) in [7, 11) is 0. The van der Waals surface area contributed by atoms with Crippen LogP contribution in [0.4, 0.5) is 10.7 Å². The van der Waals surface area contributed by atoms with Gasteiger partial charge in [-0.1, -0.05) is 26.0 Å². The fraction of sp³-hybridized carbons (Fsp3) is 0.333. The van der Waals surface area contributed by atoms with Crippen LogP contribution in [0, 0.1) is 5.92 Å². The van der Waals surface area contributed by atoms with Gasteiger partial charge in [0.1, 0.15) is 6.17 Å². The first-order valence-corrected chi connectivity index (χ1v) is 5.71. The third-order valence-corrected chi connectivity index (χ3v) is 2.99. The number of fused-ring (bicyclic) bond motifs is 3. The highest BCUT2D eigenvalue weighted by molar-refractivity contribution is 5.94. The SMILES string of the molecule is CC(C)C1NC(=O)n2c(nc3ccccc32)N1. The van der Waals surface area contributed by atoms with Gasteiger partial charge in [0, 0.05) is 0 Å². The van der Waals surface area contributed by atoms with E-state index in [4.69, 9.17) is 0 Å². The van der Waals surface area contributed by atoms with Crippen molar-refractivity contribution in [1.82, 2.24) is 14.9 Å². The largest absolute Gasteiger partial charge is 0.335 e. The molecule has 0 spiro atoms. The van der Waals surface area contributed by atoms with E-state index in [0.29, 0.717) is 11.9 Å². The number of rotatable bonds is 1. The third kappa shape index (κ3) is 1.46. The normalized spacial score (nSPS) is 19.0. The highest BCUT2D eigenvalue weighted by Crippen LogP contribution is 2.23. The van der Waals surface area contributed by atoms with Crippen molar-refractivity contribution in [2.45, 2.75) is 20.0 Å². The van der Waals surface area contributed by atoms with Gasteiger partial charge >= 0.3 is 6.03 Å². The molecular weight excluding hydrogens is 216 g/mol. The van der Waals surface area contributed by atoms with Crippen molar-refractivity contribution in [3.63, 3.8) is 0 Å². The maximum absolute atomic E-state index is 12.0. The van der Waals surface area contributed by atoms with E-state index in [9.17, 15) is 4.79 Å². The van der Waals surface area contributed by atoms with Crippen molar-refractivity contribution in [1.29, 1.82) is 0 Å². The molecule has 1 aliphatic rings. The molecule has 0 saturated heterocycles. The van der Waals surface area contributed by atoms with Gasteiger partial charge in [0.25, 0.3) is 0 Å². The molecule has 5 nitrogen and oxygen atoms in total. The number of aromatic nitrogens is 2. The van der Waals surface area contributed by atoms with Crippen LogP contribution >= 0.6 is 0 Å². The summed E-state index contributed by atoms with van der Waals surface area (Å²) >= 11 is 0. The third-order valence-electron chi connectivity index (χ3n) is 2.99. The second-order valence-electron chi connectivity index (χ2n) is 4.58. The van der Waals surface area contributed by atoms with Gasteiger partial charge in [0.05, 0.1) is 11.0 Å². The summed E-state index contributed by atoms with van der Waals surface area (Å²) in [4.78, 5) is 16.5. The lowest BCUT2D eigenvalue weighted by Gasteiger charge is -2.28. The van der Waals surface area contributed by atoms with Crippen molar-refractivity contribution < 1.29 is 4.79 Å². The van der Waals surface area contributed by atoms with Crippen LogP contribution < -0.4 is 10.6 Å². The molecule has 0 radical (unpaired) electrons. The predicted octanol–water partition coefficient (Wildman–Crippen LogP) is 2.00. The van der Waals surface area contributed by atoms with Gasteiger partial charge in [-0.2, -0.15) is 0 Å². The summed E-state index contributed by atoms with van der Waals surface area (Å²) in [5, 5.41) is 6.16. The Hall–Kier alpha value is -2.04. The zero-order valence-electron chi connectivity index (χ0n) is 9.77. The molecule has 0 bridgehead atoms. The van der Waals surface area contributed by atoms with Crippen LogP contribution in [0.25, 0.3) is 11.0 Å². The van der Waals surface area contributed by atoms with Gasteiger partial charge in [-0.15, -0.1) is 0 Å². The summed E-state index contributed by atoms with van der Waals surface area (Å²) in [5.74, 6) is 0.932. The number of benzene rings is 1. The zero-order chi connectivity index (χ0) is 12.0. The fourth-order valence-electron chi connectivity index (χ4n) is 2.03. The van der Waals surface area contributed by atoms with Crippen LogP contribution in [0.5, 0.6) is 0 Å². The van der Waals surface area contributed by atoms with Gasteiger partial charge < -0.3 is 10.6 Å². The lowest BCUT2D eigenvalue weighted by atomic mass is 10.1. The van der Waals surface area contributed by atoms with E-state index >= 15 is 0 Å². The van der Waals surface area contributed by atoms with Gasteiger partial charge in [0.15, 0.2) is 0 Å². The summed E-state index contributed by atoms with van der Waals surface area (Å²) in [6.07, 6.45) is -0.0631. The topological polar surface area (TPSA) is 59.0 Å². The number of carbonyl (C=O) groups is 1. The lowest BCUT2D eigenvalue weighted by molar-refractivity contribution is 0.234. The highest BCUT2D eigenvalue weighted by atomic mass is 16.2. The Bertz CT molecular complexity index is 587. The van der Waals surface area contributed by atoms with E-state index in [2.05, 4.69) is 29.5 Å². The predicted molar refractivity (Wildman–Crippen MR) is 65.9 cm³/mol. The molecular formula is C12H14N4O. The maximum atomic E-state index is 12.0. The van der Waals surface area contributed by atoms with Crippen LogP contribution in [-0.2, 0) is 0 Å². The van der Waals surface area contributed by atoms with Gasteiger partial charge in [-0.25, -0.2) is 14.3 Å². The molecule has 3 rings (SSSR count). The maximum Gasteiger partial charge on any atom is 0.330 e. The van der Waals surface area contributed by atoms with Crippen LogP contribution in [-0.4, -0.2) is 21.7 Å². The molecule has 2 heterocycles. The number of nitrogens with zero attached hydrogens (tertiary/aromatic N) is 2. The van der Waals surface area contributed by atoms with E-state index < -0.39 is 0 Å². The first kappa shape index (κ1) is 10.1. The number of nitrogens with one attached hydrogen (secondary N) is 2. The smallest absolute Gasteiger partial charge is 0.330 e. The van der Waals surface area contributed by atoms with Crippen LogP contribution in [0.2, 0.25) is 0 Å². The molecule has 1 aromatic carbocycles. The zero-order valence-corrected chi connectivity index (χ0v) is 9.77. The molecule has 1 aliphatic heterocycles. The van der Waals surface area contributed by atoms with E-state index in [1.54, 1.807) is 4.57 Å². The van der Waals surface area contributed by atoms with Crippen molar-refractivity contribution in [2.24, 2.45) is 5.92 Å². The Labute approximate surface area is 98.8 Å². The monoisotopic (exact) mass is 230 g/mol. The van der Waals surface area contributed by atoms with Gasteiger partial charge in [0.2, 0.25) is 5.95 Å². The minimum atomic E-state index is -0.119. The van der Waals surface area contributed by atoms with Crippen LogP contribution in [0.3, 0.4) is 0 Å². The van der Waals surface area contributed by atoms with E-state index in [1.807, 2.05) is 24.3 Å². The van der Waals surface area contributed by atoms with E-state index in [0.717, 1.165) is 11.0 Å². The number of imidazole rings is 1. The molecule has 1 atom stereocenters. The van der Waals surface area contributed by atoms with Gasteiger partial charge in [-0.3, -0.25) is 0 Å². The molecule has 1 unspecified atom stereocenters. The minimum Gasteiger partial charge on any atom is -0.335 e. The molecule has 1 aromatic heterocycles. The Morgan fingerprint density at radius 2 is 2.06 bits per heavy atom. The van der Waals surface area contributed by atoms with Crippen LogP contribution in [0.15, 0.2) is 24.3 Å². The van der Waals surface area contributed by atoms with E-state index in [1.165, 1.54) is 0 Å². The first-order chi connectivity index (χ1) is 8.16. The standard InChI is InChI=1S/C12H14N4O/c1-7(2)10-14-11-13-8-5-3-4-6-9(8)16(11)12(17)15-10/h3-7,10H,1-2H3,(H,13,14)(H,15,17). The molecule has 0 aliphatic carbocycles. The summed E-state index contributed by atoms with van der Waals surface area (Å²) in [6.45, 7) is 4.10. The average molecular weight is 230 g/mol. The fourth-order valence-corrected chi connectivity index (χ4v) is 2.03. The molecule has 2 aromatic rings. The highest BCUT2D eigenvalue weighted by Gasteiger charge is 2.27. The first-order valence-electron chi connectivity index (χ1n) is 5.71. The number of carbonyl (C=O) groups excluding carboxylic acids is 1. The lowest BCUT2D eigenvalue weighted by Crippen LogP contribution is -2.50. The van der Waals surface area contributed by atoms with Crippen molar-refractivity contribution in [3.05, 3.63) is 24.3 Å². The number of anilines is 1. The van der Waals surface area contributed by atoms with E-state index in [-0.39, 0.29) is 12.2 Å². The average Bonchev–Trinajstić information content (AvgIpc) is 2.67. The number of amides is 1. The molecule has 5 heteroatoms. The summed E-state index contributed by atoms with van der Waals surface area (Å²) in [6, 6.07) is 7.49. The summed E-state index contributed by atoms with van der Waals surface area (Å²) < 4.78 is 1.58. The molecule has 0 fully saturated rings. The quantitative estimate of drug-likeness (QED) is 0.787. The number of hydrogen-bond donors (Lipinski definition) is 2. The second-order valence-corrected chi connectivity index (χ2v) is 4.58. The van der Waals surface area contributed by atoms with Crippen molar-refractivity contribution in [3.8, 4) is 0 Å².